The Morgan fingerprint density at radius 2 is 2.28 bits per heavy atom. The molecule has 0 unspecified atom stereocenters. The van der Waals surface area contributed by atoms with Gasteiger partial charge in [0.15, 0.2) is 11.6 Å². The van der Waals surface area contributed by atoms with E-state index in [2.05, 4.69) is 20.6 Å². The molecule has 0 aliphatic heterocycles. The van der Waals surface area contributed by atoms with Crippen molar-refractivity contribution in [2.24, 2.45) is 0 Å². The molecule has 0 spiro atoms. The summed E-state index contributed by atoms with van der Waals surface area (Å²) in [5, 5.41) is 13.4. The average molecular weight is 248 g/mol. The number of H-pyrrole nitrogens is 1. The summed E-state index contributed by atoms with van der Waals surface area (Å²) in [6.07, 6.45) is 1.81. The van der Waals surface area contributed by atoms with E-state index in [0.717, 1.165) is 0 Å². The molecule has 0 radical (unpaired) electrons. The minimum absolute atomic E-state index is 0.188. The summed E-state index contributed by atoms with van der Waals surface area (Å²) >= 11 is 0. The number of nitrogen functional groups attached to an aromatic ring is 1. The Bertz CT molecular complexity index is 548. The summed E-state index contributed by atoms with van der Waals surface area (Å²) in [4.78, 5) is 12.0. The summed E-state index contributed by atoms with van der Waals surface area (Å²) in [6, 6.07) is 1.99. The predicted octanol–water partition coefficient (Wildman–Crippen LogP) is 1.33. The van der Waals surface area contributed by atoms with E-state index in [1.807, 2.05) is 20.0 Å². The van der Waals surface area contributed by atoms with Crippen LogP contribution in [0, 0.1) is 6.92 Å². The number of aryl methyl sites for hydroxylation is 1. The van der Waals surface area contributed by atoms with E-state index in [4.69, 9.17) is 5.73 Å². The third-order valence-electron chi connectivity index (χ3n) is 2.58. The average Bonchev–Trinajstić information content (AvgIpc) is 2.86. The highest BCUT2D eigenvalue weighted by Crippen LogP contribution is 2.15. The lowest BCUT2D eigenvalue weighted by atomic mass is 10.2. The normalized spacial score (nSPS) is 10.9. The molecular formula is C11H16N6O. The van der Waals surface area contributed by atoms with Crippen molar-refractivity contribution in [3.63, 3.8) is 0 Å². The number of rotatable bonds is 3. The topological polar surface area (TPSA) is 102 Å². The number of aromatic amines is 1. The summed E-state index contributed by atoms with van der Waals surface area (Å²) in [5.74, 6) is 0.370. The van der Waals surface area contributed by atoms with E-state index in [1.165, 1.54) is 0 Å². The third kappa shape index (κ3) is 2.20. The number of amides is 1. The number of nitrogens with one attached hydrogen (secondary N) is 2. The number of hydrogen-bond donors (Lipinski definition) is 3. The first-order valence-electron chi connectivity index (χ1n) is 5.66. The van der Waals surface area contributed by atoms with Crippen LogP contribution in [-0.2, 0) is 0 Å². The molecular weight excluding hydrogens is 232 g/mol. The summed E-state index contributed by atoms with van der Waals surface area (Å²) in [5.41, 5.74) is 6.61. The van der Waals surface area contributed by atoms with Gasteiger partial charge in [0.2, 0.25) is 0 Å². The lowest BCUT2D eigenvalue weighted by Gasteiger charge is -2.04. The van der Waals surface area contributed by atoms with E-state index in [0.29, 0.717) is 17.1 Å². The van der Waals surface area contributed by atoms with Crippen molar-refractivity contribution < 1.29 is 4.79 Å². The first-order chi connectivity index (χ1) is 8.49. The molecule has 0 aliphatic rings. The number of anilines is 2. The quantitative estimate of drug-likeness (QED) is 0.762. The van der Waals surface area contributed by atoms with Gasteiger partial charge in [-0.15, -0.1) is 0 Å². The molecule has 2 aromatic rings. The fourth-order valence-corrected chi connectivity index (χ4v) is 1.61. The van der Waals surface area contributed by atoms with Gasteiger partial charge in [0.25, 0.3) is 5.91 Å². The van der Waals surface area contributed by atoms with E-state index < -0.39 is 0 Å². The van der Waals surface area contributed by atoms with Crippen molar-refractivity contribution >= 4 is 17.5 Å². The number of aromatic nitrogens is 4. The molecule has 4 N–H and O–H groups in total. The van der Waals surface area contributed by atoms with Gasteiger partial charge in [-0.3, -0.25) is 14.6 Å². The summed E-state index contributed by atoms with van der Waals surface area (Å²) < 4.78 is 1.77. The molecule has 18 heavy (non-hydrogen) atoms. The molecule has 0 aliphatic carbocycles. The van der Waals surface area contributed by atoms with E-state index in [-0.39, 0.29) is 17.8 Å². The van der Waals surface area contributed by atoms with Crippen LogP contribution in [0.15, 0.2) is 12.3 Å². The highest BCUT2D eigenvalue weighted by molar-refractivity contribution is 6.07. The second-order valence-corrected chi connectivity index (χ2v) is 4.34. The van der Waals surface area contributed by atoms with Crippen LogP contribution in [0.25, 0.3) is 0 Å². The zero-order valence-electron chi connectivity index (χ0n) is 10.6. The second kappa shape index (κ2) is 4.52. The molecule has 0 saturated carbocycles. The molecule has 7 heteroatoms. The van der Waals surface area contributed by atoms with Gasteiger partial charge in [-0.05, 0) is 20.8 Å². The fourth-order valence-electron chi connectivity index (χ4n) is 1.61. The van der Waals surface area contributed by atoms with Crippen LogP contribution in [0.4, 0.5) is 11.6 Å². The zero-order chi connectivity index (χ0) is 13.3. The van der Waals surface area contributed by atoms with Gasteiger partial charge in [-0.25, -0.2) is 0 Å². The van der Waals surface area contributed by atoms with Crippen LogP contribution in [0.3, 0.4) is 0 Å². The van der Waals surface area contributed by atoms with Gasteiger partial charge >= 0.3 is 0 Å². The number of nitrogens with two attached hydrogens (primary N) is 1. The van der Waals surface area contributed by atoms with E-state index >= 15 is 0 Å². The van der Waals surface area contributed by atoms with E-state index in [1.54, 1.807) is 17.7 Å². The smallest absolute Gasteiger partial charge is 0.262 e. The first kappa shape index (κ1) is 12.2. The van der Waals surface area contributed by atoms with Crippen LogP contribution >= 0.6 is 0 Å². The Hall–Kier alpha value is -2.31. The van der Waals surface area contributed by atoms with Crippen molar-refractivity contribution in [3.8, 4) is 0 Å². The molecule has 2 aromatic heterocycles. The van der Waals surface area contributed by atoms with Crippen molar-refractivity contribution in [2.75, 3.05) is 11.1 Å². The van der Waals surface area contributed by atoms with Gasteiger partial charge in [0.1, 0.15) is 5.56 Å². The van der Waals surface area contributed by atoms with Crippen molar-refractivity contribution in [2.45, 2.75) is 26.8 Å². The predicted molar refractivity (Wildman–Crippen MR) is 68.3 cm³/mol. The Kier molecular flexibility index (Phi) is 3.05. The minimum atomic E-state index is -0.312. The van der Waals surface area contributed by atoms with Crippen LogP contribution in [0.2, 0.25) is 0 Å². The van der Waals surface area contributed by atoms with Crippen LogP contribution in [-0.4, -0.2) is 25.9 Å². The Morgan fingerprint density at radius 1 is 1.56 bits per heavy atom. The number of nitrogens with zero attached hydrogens (tertiary/aromatic N) is 3. The van der Waals surface area contributed by atoms with Gasteiger partial charge in [0, 0.05) is 24.0 Å². The number of hydrogen-bond acceptors (Lipinski definition) is 4. The zero-order valence-corrected chi connectivity index (χ0v) is 10.6. The third-order valence-corrected chi connectivity index (χ3v) is 2.58. The maximum atomic E-state index is 12.0. The monoisotopic (exact) mass is 248 g/mol. The Balaban J connectivity index is 2.16. The molecule has 0 aromatic carbocycles. The van der Waals surface area contributed by atoms with Gasteiger partial charge < -0.3 is 11.1 Å². The molecule has 7 nitrogen and oxygen atoms in total. The van der Waals surface area contributed by atoms with Crippen LogP contribution < -0.4 is 11.1 Å². The van der Waals surface area contributed by atoms with Gasteiger partial charge in [0.05, 0.1) is 0 Å². The lowest BCUT2D eigenvalue weighted by Crippen LogP contribution is -2.15. The largest absolute Gasteiger partial charge is 0.382 e. The molecule has 0 fully saturated rings. The fraction of sp³-hybridized carbons (Fsp3) is 0.364. The van der Waals surface area contributed by atoms with Crippen molar-refractivity contribution in [1.82, 2.24) is 20.0 Å². The minimum Gasteiger partial charge on any atom is -0.382 e. The number of carbonyl (C=O) groups excluding carboxylic acids is 1. The molecule has 0 bridgehead atoms. The van der Waals surface area contributed by atoms with Gasteiger partial charge in [-0.1, -0.05) is 0 Å². The Morgan fingerprint density at radius 3 is 2.78 bits per heavy atom. The molecule has 96 valence electrons. The molecule has 2 rings (SSSR count). The van der Waals surface area contributed by atoms with Crippen molar-refractivity contribution in [3.05, 3.63) is 23.5 Å². The van der Waals surface area contributed by atoms with Crippen molar-refractivity contribution in [1.29, 1.82) is 0 Å². The highest BCUT2D eigenvalue weighted by atomic mass is 16.1. The standard InChI is InChI=1S/C11H16N6O/c1-6(2)17-5-4-8(16-17)13-11(18)9-7(3)14-15-10(9)12/h4-6H,1-3H3,(H3,12,14,15)(H,13,16,18). The molecule has 1 amide bonds. The maximum absolute atomic E-state index is 12.0. The van der Waals surface area contributed by atoms with Crippen LogP contribution in [0.1, 0.15) is 35.9 Å². The second-order valence-electron chi connectivity index (χ2n) is 4.34. The van der Waals surface area contributed by atoms with Gasteiger partial charge in [-0.2, -0.15) is 10.2 Å². The van der Waals surface area contributed by atoms with Crippen LogP contribution in [0.5, 0.6) is 0 Å². The first-order valence-corrected chi connectivity index (χ1v) is 5.66. The van der Waals surface area contributed by atoms with E-state index in [9.17, 15) is 4.79 Å². The SMILES string of the molecule is Cc1[nH]nc(N)c1C(=O)Nc1ccn(C(C)C)n1. The summed E-state index contributed by atoms with van der Waals surface area (Å²) in [6.45, 7) is 5.76. The molecule has 2 heterocycles. The highest BCUT2D eigenvalue weighted by Gasteiger charge is 2.17. The molecule has 0 atom stereocenters. The summed E-state index contributed by atoms with van der Waals surface area (Å²) in [7, 11) is 0. The lowest BCUT2D eigenvalue weighted by molar-refractivity contribution is 0.102. The molecule has 0 saturated heterocycles. The maximum Gasteiger partial charge on any atom is 0.262 e. The number of carbonyl (C=O) groups is 1. The Labute approximate surface area is 104 Å².